The van der Waals surface area contributed by atoms with Crippen LogP contribution < -0.4 is 0 Å². The third kappa shape index (κ3) is 1.65. The molecule has 1 atom stereocenters. The van der Waals surface area contributed by atoms with Crippen LogP contribution in [0.4, 0.5) is 0 Å². The summed E-state index contributed by atoms with van der Waals surface area (Å²) in [6, 6.07) is 7.57. The predicted molar refractivity (Wildman–Crippen MR) is 59.5 cm³/mol. The molecular formula is C9H8N2OS2. The van der Waals surface area contributed by atoms with E-state index < -0.39 is 9.83 Å². The minimum atomic E-state index is -1.05. The zero-order chi connectivity index (χ0) is 9.97. The average molecular weight is 224 g/mol. The molecule has 1 aromatic carbocycles. The molecule has 0 saturated carbocycles. The van der Waals surface area contributed by atoms with E-state index in [0.29, 0.717) is 0 Å². The Morgan fingerprint density at radius 1 is 1.36 bits per heavy atom. The second-order valence-electron chi connectivity index (χ2n) is 2.63. The predicted octanol–water partition coefficient (Wildman–Crippen LogP) is 2.02. The van der Waals surface area contributed by atoms with Gasteiger partial charge in [-0.3, -0.25) is 0 Å². The van der Waals surface area contributed by atoms with Crippen molar-refractivity contribution in [1.82, 2.24) is 10.2 Å². The molecule has 0 aliphatic rings. The van der Waals surface area contributed by atoms with Crippen LogP contribution in [-0.2, 0) is 9.83 Å². The summed E-state index contributed by atoms with van der Waals surface area (Å²) >= 11 is 0. The molecular weight excluding hydrogens is 216 g/mol. The summed E-state index contributed by atoms with van der Waals surface area (Å²) in [7, 11) is 0.246. The van der Waals surface area contributed by atoms with E-state index in [9.17, 15) is 4.21 Å². The van der Waals surface area contributed by atoms with Crippen molar-refractivity contribution in [3.05, 3.63) is 30.5 Å². The quantitative estimate of drug-likeness (QED) is 0.732. The Bertz CT molecular complexity index is 482. The maximum atomic E-state index is 11.6. The van der Waals surface area contributed by atoms with Crippen LogP contribution in [0.15, 0.2) is 35.4 Å². The molecule has 3 nitrogen and oxygen atoms in total. The number of benzene rings is 1. The van der Waals surface area contributed by atoms with Crippen molar-refractivity contribution in [1.29, 1.82) is 0 Å². The summed E-state index contributed by atoms with van der Waals surface area (Å²) < 4.78 is 11.6. The standard InChI is InChI=1S/C9H8N2OS2/c1-13-14(12)9-6-10-11-8-5-3-2-4-7(8)9/h2-6H,1H3. The highest BCUT2D eigenvalue weighted by atomic mass is 33.1. The molecule has 72 valence electrons. The number of nitrogens with zero attached hydrogens (tertiary/aromatic N) is 2. The van der Waals surface area contributed by atoms with E-state index in [2.05, 4.69) is 10.2 Å². The lowest BCUT2D eigenvalue weighted by atomic mass is 10.2. The fourth-order valence-corrected chi connectivity index (χ4v) is 2.81. The molecule has 0 aliphatic carbocycles. The van der Waals surface area contributed by atoms with Crippen LogP contribution in [0.25, 0.3) is 10.9 Å². The van der Waals surface area contributed by atoms with Gasteiger partial charge in [-0.25, -0.2) is 4.21 Å². The second-order valence-corrected chi connectivity index (χ2v) is 5.78. The Kier molecular flexibility index (Phi) is 2.79. The normalized spacial score (nSPS) is 12.9. The van der Waals surface area contributed by atoms with Crippen molar-refractivity contribution < 1.29 is 4.21 Å². The van der Waals surface area contributed by atoms with Gasteiger partial charge >= 0.3 is 0 Å². The summed E-state index contributed by atoms with van der Waals surface area (Å²) in [6.45, 7) is 0. The van der Waals surface area contributed by atoms with E-state index in [1.807, 2.05) is 30.5 Å². The maximum Gasteiger partial charge on any atom is 0.115 e. The number of hydrogen-bond acceptors (Lipinski definition) is 4. The monoisotopic (exact) mass is 224 g/mol. The summed E-state index contributed by atoms with van der Waals surface area (Å²) in [5, 5.41) is 8.70. The summed E-state index contributed by atoms with van der Waals surface area (Å²) in [5.74, 6) is 0. The van der Waals surface area contributed by atoms with Gasteiger partial charge in [0, 0.05) is 5.39 Å². The van der Waals surface area contributed by atoms with Crippen LogP contribution in [0.3, 0.4) is 0 Å². The first-order valence-corrected chi connectivity index (χ1v) is 6.88. The molecule has 0 aliphatic heterocycles. The lowest BCUT2D eigenvalue weighted by molar-refractivity contribution is 0.691. The van der Waals surface area contributed by atoms with Gasteiger partial charge in [0.15, 0.2) is 0 Å². The SMILES string of the molecule is CSS(=O)c1cnnc2ccccc12. The molecule has 1 unspecified atom stereocenters. The molecule has 0 spiro atoms. The fourth-order valence-electron chi connectivity index (χ4n) is 1.20. The lowest BCUT2D eigenvalue weighted by Crippen LogP contribution is -1.91. The highest BCUT2D eigenvalue weighted by molar-refractivity contribution is 8.69. The first kappa shape index (κ1) is 9.61. The molecule has 0 bridgehead atoms. The lowest BCUT2D eigenvalue weighted by Gasteiger charge is -2.01. The minimum Gasteiger partial charge on any atom is -0.243 e. The van der Waals surface area contributed by atoms with Crippen molar-refractivity contribution in [3.8, 4) is 0 Å². The third-order valence-corrected chi connectivity index (χ3v) is 4.28. The zero-order valence-corrected chi connectivity index (χ0v) is 9.14. The summed E-state index contributed by atoms with van der Waals surface area (Å²) in [5.41, 5.74) is 0.785. The Hall–Kier alpha value is -0.940. The van der Waals surface area contributed by atoms with Gasteiger partial charge in [0.25, 0.3) is 0 Å². The van der Waals surface area contributed by atoms with Crippen molar-refractivity contribution in [3.63, 3.8) is 0 Å². The van der Waals surface area contributed by atoms with Crippen molar-refractivity contribution >= 4 is 31.5 Å². The third-order valence-electron chi connectivity index (χ3n) is 1.84. The molecule has 0 radical (unpaired) electrons. The Morgan fingerprint density at radius 3 is 2.93 bits per heavy atom. The van der Waals surface area contributed by atoms with Crippen LogP contribution in [0, 0.1) is 0 Å². The smallest absolute Gasteiger partial charge is 0.115 e. The van der Waals surface area contributed by atoms with Gasteiger partial charge in [-0.2, -0.15) is 10.2 Å². The van der Waals surface area contributed by atoms with Gasteiger partial charge < -0.3 is 0 Å². The molecule has 2 rings (SSSR count). The summed E-state index contributed by atoms with van der Waals surface area (Å²) in [4.78, 5) is 0.739. The van der Waals surface area contributed by atoms with Crippen molar-refractivity contribution in [2.24, 2.45) is 0 Å². The van der Waals surface area contributed by atoms with Crippen LogP contribution in [0.1, 0.15) is 0 Å². The number of aromatic nitrogens is 2. The average Bonchev–Trinajstić information content (AvgIpc) is 2.27. The van der Waals surface area contributed by atoms with E-state index in [-0.39, 0.29) is 0 Å². The van der Waals surface area contributed by atoms with Crippen LogP contribution in [-0.4, -0.2) is 20.7 Å². The maximum absolute atomic E-state index is 11.6. The topological polar surface area (TPSA) is 42.9 Å². The molecule has 1 heterocycles. The minimum absolute atomic E-state index is 0.739. The molecule has 5 heteroatoms. The number of fused-ring (bicyclic) bond motifs is 1. The van der Waals surface area contributed by atoms with Crippen molar-refractivity contribution in [2.45, 2.75) is 4.90 Å². The van der Waals surface area contributed by atoms with Gasteiger partial charge in [-0.05, 0) is 12.3 Å². The zero-order valence-electron chi connectivity index (χ0n) is 7.51. The van der Waals surface area contributed by atoms with Gasteiger partial charge in [0.1, 0.15) is 9.83 Å². The molecule has 0 saturated heterocycles. The second kappa shape index (κ2) is 4.06. The van der Waals surface area contributed by atoms with Gasteiger partial charge in [-0.1, -0.05) is 29.0 Å². The largest absolute Gasteiger partial charge is 0.243 e. The van der Waals surface area contributed by atoms with E-state index in [0.717, 1.165) is 15.8 Å². The van der Waals surface area contributed by atoms with E-state index in [1.54, 1.807) is 6.20 Å². The molecule has 2 aromatic rings. The Balaban J connectivity index is 2.71. The van der Waals surface area contributed by atoms with Crippen LogP contribution in [0.5, 0.6) is 0 Å². The first-order valence-electron chi connectivity index (χ1n) is 3.99. The van der Waals surface area contributed by atoms with E-state index in [1.165, 1.54) is 10.8 Å². The highest BCUT2D eigenvalue weighted by Crippen LogP contribution is 2.22. The van der Waals surface area contributed by atoms with Gasteiger partial charge in [0.2, 0.25) is 0 Å². The molecule has 0 amide bonds. The van der Waals surface area contributed by atoms with E-state index in [4.69, 9.17) is 0 Å². The van der Waals surface area contributed by atoms with Gasteiger partial charge in [-0.15, -0.1) is 0 Å². The highest BCUT2D eigenvalue weighted by Gasteiger charge is 2.07. The molecule has 0 fully saturated rings. The summed E-state index contributed by atoms with van der Waals surface area (Å²) in [6.07, 6.45) is 3.38. The van der Waals surface area contributed by atoms with Gasteiger partial charge in [0.05, 0.1) is 16.6 Å². The Labute approximate surface area is 87.8 Å². The van der Waals surface area contributed by atoms with Crippen LogP contribution in [0.2, 0.25) is 0 Å². The molecule has 0 N–H and O–H groups in total. The molecule has 1 aromatic heterocycles. The fraction of sp³-hybridized carbons (Fsp3) is 0.111. The number of hydrogen-bond donors (Lipinski definition) is 0. The van der Waals surface area contributed by atoms with E-state index >= 15 is 0 Å². The van der Waals surface area contributed by atoms with Crippen molar-refractivity contribution in [2.75, 3.05) is 6.26 Å². The Morgan fingerprint density at radius 2 is 2.14 bits per heavy atom. The molecule has 14 heavy (non-hydrogen) atoms. The number of rotatable bonds is 2. The van der Waals surface area contributed by atoms with Crippen LogP contribution >= 0.6 is 10.8 Å². The first-order chi connectivity index (χ1) is 6.83.